The summed E-state index contributed by atoms with van der Waals surface area (Å²) in [5.41, 5.74) is 1.44. The zero-order valence-corrected chi connectivity index (χ0v) is 79.6. The number of aliphatic hydroxyl groups is 1. The first-order valence-corrected chi connectivity index (χ1v) is 45.6. The number of hydrogen-bond donors (Lipinski definition) is 6. The number of Topliss-reactive ketones (excluding diaryl/α,β-unsaturated/α-hetero) is 1. The molecule has 0 saturated carbocycles. The van der Waals surface area contributed by atoms with Crippen molar-refractivity contribution in [2.24, 2.45) is 29.6 Å². The number of carbonyl (C=O) groups is 14. The van der Waals surface area contributed by atoms with Gasteiger partial charge in [0.2, 0.25) is 41.4 Å². The molecule has 4 aromatic carbocycles. The van der Waals surface area contributed by atoms with Crippen LogP contribution < -0.4 is 40.8 Å². The third-order valence-electron chi connectivity index (χ3n) is 23.7. The largest absolute Gasteiger partial charge is 0.514 e. The zero-order valence-electron chi connectivity index (χ0n) is 79.6. The molecule has 12 amide bonds. The first-order chi connectivity index (χ1) is 66.2. The van der Waals surface area contributed by atoms with Crippen LogP contribution in [0.4, 0.5) is 38.4 Å². The highest BCUT2D eigenvalue weighted by molar-refractivity contribution is 6.13. The van der Waals surface area contributed by atoms with E-state index in [1.807, 2.05) is 45.9 Å². The fraction of sp³-hybridized carbons (Fsp3) is 0.479. The highest BCUT2D eigenvalue weighted by atomic mass is 16.7. The molecule has 6 aromatic rings. The van der Waals surface area contributed by atoms with E-state index in [0.717, 1.165) is 28.0 Å². The number of ketones is 1. The molecule has 6 N–H and O–H groups in total. The second-order valence-electron chi connectivity index (χ2n) is 34.3. The van der Waals surface area contributed by atoms with Crippen LogP contribution in [-0.2, 0) is 103 Å². The summed E-state index contributed by atoms with van der Waals surface area (Å²) in [7, 11) is 6.11. The molecular weight excluding hydrogens is 1820 g/mol. The van der Waals surface area contributed by atoms with Crippen LogP contribution in [0.5, 0.6) is 17.2 Å². The number of unbranched alkanes of at least 4 members (excludes halogenated alkanes) is 4. The van der Waals surface area contributed by atoms with E-state index in [2.05, 4.69) is 26.6 Å². The summed E-state index contributed by atoms with van der Waals surface area (Å²) in [6.45, 7) is 13.6. The van der Waals surface area contributed by atoms with Crippen LogP contribution in [0.2, 0.25) is 0 Å². The fourth-order valence-electron chi connectivity index (χ4n) is 16.0. The van der Waals surface area contributed by atoms with Gasteiger partial charge >= 0.3 is 24.0 Å². The molecule has 750 valence electrons. The maximum atomic E-state index is 14.9. The number of likely N-dealkylation sites (N-methyl/N-ethyl adjacent to an activating group) is 2. The van der Waals surface area contributed by atoms with Gasteiger partial charge in [-0.05, 0) is 128 Å². The number of imide groups is 2. The number of nitrogens with one attached hydrogen (secondary N) is 5. The Hall–Kier alpha value is -14.6. The predicted molar refractivity (Wildman–Crippen MR) is 498 cm³/mol. The van der Waals surface area contributed by atoms with Crippen molar-refractivity contribution in [3.8, 4) is 17.2 Å². The molecule has 0 spiro atoms. The number of amides is 12. The Bertz CT molecular complexity index is 5350. The molecule has 3 aliphatic heterocycles. The molecule has 43 nitrogen and oxygen atoms in total. The Morgan fingerprint density at radius 3 is 1.53 bits per heavy atom. The van der Waals surface area contributed by atoms with Gasteiger partial charge in [-0.3, -0.25) is 97.7 Å². The molecule has 2 aromatic heterocycles. The van der Waals surface area contributed by atoms with Gasteiger partial charge in [-0.1, -0.05) is 110 Å². The van der Waals surface area contributed by atoms with Gasteiger partial charge in [-0.15, -0.1) is 0 Å². The lowest BCUT2D eigenvalue weighted by Gasteiger charge is -2.41. The Labute approximate surface area is 802 Å². The number of nitrogens with zero attached hydrogens (tertiary/aromatic N) is 8. The van der Waals surface area contributed by atoms with Crippen LogP contribution in [0.15, 0.2) is 148 Å². The molecule has 1 fully saturated rings. The Morgan fingerprint density at radius 1 is 0.568 bits per heavy atom. The molecule has 139 heavy (non-hydrogen) atoms. The van der Waals surface area contributed by atoms with Crippen molar-refractivity contribution in [1.82, 2.24) is 40.4 Å². The number of anilines is 2. The molecule has 0 unspecified atom stereocenters. The molecule has 0 aliphatic carbocycles. The van der Waals surface area contributed by atoms with Crippen molar-refractivity contribution in [3.63, 3.8) is 0 Å². The maximum Gasteiger partial charge on any atom is 0.514 e. The van der Waals surface area contributed by atoms with Crippen LogP contribution in [0.1, 0.15) is 173 Å². The molecule has 3 aliphatic rings. The lowest BCUT2D eigenvalue weighted by Crippen LogP contribution is -2.55. The van der Waals surface area contributed by atoms with E-state index in [-0.39, 0.29) is 170 Å². The van der Waals surface area contributed by atoms with E-state index in [4.69, 9.17) is 42.0 Å². The van der Waals surface area contributed by atoms with Crippen molar-refractivity contribution in [1.29, 1.82) is 0 Å². The number of benzene rings is 4. The van der Waals surface area contributed by atoms with E-state index in [9.17, 15) is 103 Å². The van der Waals surface area contributed by atoms with E-state index in [1.165, 1.54) is 111 Å². The number of methoxy groups -OCH3 is 2. The van der Waals surface area contributed by atoms with Crippen LogP contribution >= 0.6 is 0 Å². The first-order valence-electron chi connectivity index (χ1n) is 45.6. The van der Waals surface area contributed by atoms with Crippen molar-refractivity contribution < 1.29 is 129 Å². The van der Waals surface area contributed by atoms with Gasteiger partial charge in [0, 0.05) is 110 Å². The third kappa shape index (κ3) is 32.8. The Morgan fingerprint density at radius 2 is 1.07 bits per heavy atom. The third-order valence-corrected chi connectivity index (χ3v) is 23.7. The average molecular weight is 1940 g/mol. The Kier molecular flexibility index (Phi) is 42.4. The van der Waals surface area contributed by atoms with E-state index in [1.54, 1.807) is 62.7 Å². The number of furan rings is 2. The monoisotopic (exact) mass is 1940 g/mol. The highest BCUT2D eigenvalue weighted by Gasteiger charge is 2.45. The second kappa shape index (κ2) is 53.8. The summed E-state index contributed by atoms with van der Waals surface area (Å²) in [5.74, 6) is -7.82. The molecule has 0 bridgehead atoms. The van der Waals surface area contributed by atoms with Crippen LogP contribution in [0.3, 0.4) is 0 Å². The van der Waals surface area contributed by atoms with Crippen molar-refractivity contribution in [3.05, 3.63) is 198 Å². The van der Waals surface area contributed by atoms with Gasteiger partial charge in [0.05, 0.1) is 96.3 Å². The average Bonchev–Trinajstić information content (AvgIpc) is 1.68. The maximum absolute atomic E-state index is 14.9. The minimum atomic E-state index is -1.10. The van der Waals surface area contributed by atoms with Crippen LogP contribution in [0.25, 0.3) is 0 Å². The standard InChI is InChI=1S/C65H92N8O17.C31H29N5O13/c1-13-41(6)60(52(86-11)35-57(79)71-32-20-23-49(71)62(87-12)42(7)63(81)67-43(8)61(80)45-21-16-14-17-22-45)69(9)64(82)47(39(2)3)34-50(74)59(40(4)5)70(10)65(83)89-37-44-25-27-51(88-38-46-26-30-58(90-46)73(84)85)48(33-44)68-54(76)36-66-53(75)24-18-15-19-31-72-55(77)28-29-56(72)78;37-26(4-2-1-3-15-34-28(39)12-13-29(34)40)32-17-27(38)33-24-16-20(5-11-25(24)46-19-23-10-14-30(48-23)36(44)45)18-47-31(41)49-22-8-6-21(7-9-22)35(42)43/h14,16-17,21-22,25-30,33,39-43,47,49,52,59-62,80H,13,15,18-20,23-24,31-32,34-38H2,1-12H3,(H,66,75)(H,67,81)(H,68,76);5-14,16H,1-4,15,17-19H2,(H,32,37)(H,33,38)/t41-,42+,43+,47-,49-,52+,59-,60-,61+,62+;/m0./s1. The highest BCUT2D eigenvalue weighted by Crippen LogP contribution is 2.35. The molecule has 9 rings (SSSR count). The SMILES string of the molecule is CC[C@H](C)[C@@H]([C@@H](CC(=O)N1CCC[C@H]1[C@H](OC)[C@@H](C)C(=O)N[C@H](C)[C@@H](O)c1ccccc1)OC)N(C)C(=O)[C@@H](CC(=O)[C@H](C(C)C)N(C)C(=O)OCc1ccc(OCc2ccc([N+](=O)[O-])o2)c(NC(=O)CNC(=O)CCCCCN2C(=O)C=CC2=O)c1)C(C)C.O=C(CCCCCN1C(=O)C=CC1=O)NCC(=O)Nc1cc(COC(=O)Oc2ccc([N+](=O)[O-])cc2)ccc1OCc1ccc([N+](=O)[O-])o1. The van der Waals surface area contributed by atoms with E-state index >= 15 is 0 Å². The molecule has 1 saturated heterocycles. The number of non-ortho nitro benzene ring substituents is 1. The number of carbonyl (C=O) groups excluding carboxylic acids is 14. The van der Waals surface area contributed by atoms with Crippen molar-refractivity contribution >= 4 is 112 Å². The lowest BCUT2D eigenvalue weighted by atomic mass is 9.83. The molecule has 43 heteroatoms. The van der Waals surface area contributed by atoms with Gasteiger partial charge in [0.25, 0.3) is 29.3 Å². The number of ether oxygens (including phenoxy) is 7. The zero-order chi connectivity index (χ0) is 102. The molecular formula is C96H121N13O30. The number of hydrogen-bond acceptors (Lipinski definition) is 30. The lowest BCUT2D eigenvalue weighted by molar-refractivity contribution is -0.402. The van der Waals surface area contributed by atoms with Gasteiger partial charge in [0.15, 0.2) is 5.78 Å². The van der Waals surface area contributed by atoms with Crippen molar-refractivity contribution in [2.75, 3.05) is 71.7 Å². The number of rotatable bonds is 53. The summed E-state index contributed by atoms with van der Waals surface area (Å²) in [5, 5.41) is 57.2. The van der Waals surface area contributed by atoms with Gasteiger partial charge in [-0.2, -0.15) is 0 Å². The minimum Gasteiger partial charge on any atom is -0.483 e. The fourth-order valence-corrected chi connectivity index (χ4v) is 16.0. The van der Waals surface area contributed by atoms with Crippen LogP contribution in [0, 0.1) is 59.9 Å². The van der Waals surface area contributed by atoms with E-state index < -0.39 is 136 Å². The number of likely N-dealkylation sites (tertiary alicyclic amines) is 1. The normalized spacial score (nSPS) is 15.2. The van der Waals surface area contributed by atoms with Gasteiger partial charge in [-0.25, -0.2) is 9.59 Å². The van der Waals surface area contributed by atoms with Crippen molar-refractivity contribution in [2.45, 2.75) is 208 Å². The minimum absolute atomic E-state index is 0.0140. The topological polar surface area (TPSA) is 556 Å². The summed E-state index contributed by atoms with van der Waals surface area (Å²) < 4.78 is 49.9. The molecule has 10 atom stereocenters. The summed E-state index contributed by atoms with van der Waals surface area (Å²) >= 11 is 0. The summed E-state index contributed by atoms with van der Waals surface area (Å²) in [6.07, 6.45) is 5.30. The summed E-state index contributed by atoms with van der Waals surface area (Å²) in [6, 6.07) is 25.1. The quantitative estimate of drug-likeness (QED) is 0.00516. The van der Waals surface area contributed by atoms with Gasteiger partial charge in [0.1, 0.15) is 65.0 Å². The summed E-state index contributed by atoms with van der Waals surface area (Å²) in [4.78, 5) is 219. The second-order valence-corrected chi connectivity index (χ2v) is 34.3. The van der Waals surface area contributed by atoms with Gasteiger partial charge < -0.3 is 88.4 Å². The Balaban J connectivity index is 0.000000405. The molecule has 5 heterocycles. The first kappa shape index (κ1) is 110. The smallest absolute Gasteiger partial charge is 0.483 e. The molecule has 0 radical (unpaired) electrons. The number of aliphatic hydroxyl groups excluding tert-OH is 1. The number of nitro benzene ring substituents is 1. The van der Waals surface area contributed by atoms with Crippen LogP contribution in [-0.4, -0.2) is 225 Å². The van der Waals surface area contributed by atoms with E-state index in [0.29, 0.717) is 81.0 Å². The predicted octanol–water partition coefficient (Wildman–Crippen LogP) is 11.2. The number of nitro groups is 3.